The van der Waals surface area contributed by atoms with Crippen molar-refractivity contribution in [2.45, 2.75) is 19.8 Å². The molecule has 1 atom stereocenters. The molecule has 31 heavy (non-hydrogen) atoms. The van der Waals surface area contributed by atoms with Gasteiger partial charge in [-0.3, -0.25) is 9.59 Å². The van der Waals surface area contributed by atoms with Crippen LogP contribution in [0, 0.1) is 0 Å². The standard InChI is InChI=1S/C25H31N3O3/c1-3-15-27(18-24(29)26-22-11-7-8-12-23(22)31-2)19-25(30)28-16-13-21(14-17-28)20-9-5-4-6-10-20/h4-13H,3,14-19H2,1-2H3,(H,26,29)/p+1. The molecule has 1 aliphatic rings. The van der Waals surface area contributed by atoms with Gasteiger partial charge in [0.2, 0.25) is 0 Å². The number of anilines is 1. The number of hydrogen-bond acceptors (Lipinski definition) is 3. The third-order valence-corrected chi connectivity index (χ3v) is 5.50. The Morgan fingerprint density at radius 1 is 1.06 bits per heavy atom. The van der Waals surface area contributed by atoms with Gasteiger partial charge in [0, 0.05) is 13.1 Å². The van der Waals surface area contributed by atoms with Gasteiger partial charge in [-0.25, -0.2) is 0 Å². The number of hydrogen-bond donors (Lipinski definition) is 2. The van der Waals surface area contributed by atoms with Gasteiger partial charge in [-0.1, -0.05) is 55.5 Å². The highest BCUT2D eigenvalue weighted by Gasteiger charge is 2.24. The third kappa shape index (κ3) is 6.43. The molecular formula is C25H32N3O3+. The second-order valence-corrected chi connectivity index (χ2v) is 7.79. The van der Waals surface area contributed by atoms with Crippen molar-refractivity contribution >= 4 is 23.1 Å². The van der Waals surface area contributed by atoms with Crippen LogP contribution in [-0.4, -0.2) is 56.5 Å². The molecule has 3 rings (SSSR count). The number of para-hydroxylation sites is 2. The molecule has 164 valence electrons. The molecule has 0 saturated carbocycles. The summed E-state index contributed by atoms with van der Waals surface area (Å²) in [6.45, 7) is 4.74. The van der Waals surface area contributed by atoms with Gasteiger partial charge in [-0.15, -0.1) is 0 Å². The molecule has 1 heterocycles. The third-order valence-electron chi connectivity index (χ3n) is 5.50. The SMILES string of the molecule is CCC[NH+](CC(=O)Nc1ccccc1OC)CC(=O)N1CC=C(c2ccccc2)CC1. The summed E-state index contributed by atoms with van der Waals surface area (Å²) in [6, 6.07) is 17.6. The van der Waals surface area contributed by atoms with Crippen molar-refractivity contribution < 1.29 is 19.2 Å². The second-order valence-electron chi connectivity index (χ2n) is 7.79. The number of quaternary nitrogens is 1. The molecule has 0 saturated heterocycles. The summed E-state index contributed by atoms with van der Waals surface area (Å²) >= 11 is 0. The number of carbonyl (C=O) groups excluding carboxylic acids is 2. The zero-order valence-corrected chi connectivity index (χ0v) is 18.4. The number of nitrogens with zero attached hydrogens (tertiary/aromatic N) is 1. The highest BCUT2D eigenvalue weighted by atomic mass is 16.5. The minimum absolute atomic E-state index is 0.0944. The highest BCUT2D eigenvalue weighted by molar-refractivity contribution is 5.93. The van der Waals surface area contributed by atoms with Crippen LogP contribution in [0.1, 0.15) is 25.3 Å². The highest BCUT2D eigenvalue weighted by Crippen LogP contribution is 2.23. The Hall–Kier alpha value is -3.12. The van der Waals surface area contributed by atoms with Gasteiger partial charge < -0.3 is 19.9 Å². The van der Waals surface area contributed by atoms with E-state index in [2.05, 4.69) is 30.4 Å². The molecule has 0 aliphatic carbocycles. The average molecular weight is 423 g/mol. The fourth-order valence-electron chi connectivity index (χ4n) is 3.90. The topological polar surface area (TPSA) is 63.1 Å². The van der Waals surface area contributed by atoms with E-state index in [1.165, 1.54) is 11.1 Å². The molecule has 2 amide bonds. The lowest BCUT2D eigenvalue weighted by atomic mass is 9.99. The minimum Gasteiger partial charge on any atom is -0.495 e. The van der Waals surface area contributed by atoms with Gasteiger partial charge in [0.05, 0.1) is 19.3 Å². The van der Waals surface area contributed by atoms with Gasteiger partial charge in [-0.05, 0) is 36.1 Å². The molecule has 6 nitrogen and oxygen atoms in total. The number of nitrogens with one attached hydrogen (secondary N) is 2. The van der Waals surface area contributed by atoms with E-state index in [9.17, 15) is 9.59 Å². The lowest BCUT2D eigenvalue weighted by molar-refractivity contribution is -0.883. The summed E-state index contributed by atoms with van der Waals surface area (Å²) in [5.41, 5.74) is 3.16. The molecule has 6 heteroatoms. The smallest absolute Gasteiger partial charge is 0.279 e. The van der Waals surface area contributed by atoms with Crippen molar-refractivity contribution in [1.29, 1.82) is 0 Å². The van der Waals surface area contributed by atoms with Crippen LogP contribution in [-0.2, 0) is 9.59 Å². The summed E-state index contributed by atoms with van der Waals surface area (Å²) in [4.78, 5) is 28.4. The molecule has 0 aromatic heterocycles. The number of rotatable bonds is 9. The average Bonchev–Trinajstić information content (AvgIpc) is 2.80. The van der Waals surface area contributed by atoms with Gasteiger partial charge in [0.1, 0.15) is 5.75 Å². The number of ether oxygens (including phenoxy) is 1. The molecule has 1 unspecified atom stereocenters. The van der Waals surface area contributed by atoms with Crippen LogP contribution in [0.2, 0.25) is 0 Å². The maximum absolute atomic E-state index is 12.9. The first-order chi connectivity index (χ1) is 15.1. The zero-order valence-electron chi connectivity index (χ0n) is 18.4. The van der Waals surface area contributed by atoms with Crippen molar-refractivity contribution in [3.05, 3.63) is 66.2 Å². The Morgan fingerprint density at radius 3 is 2.48 bits per heavy atom. The predicted octanol–water partition coefficient (Wildman–Crippen LogP) is 2.24. The van der Waals surface area contributed by atoms with E-state index < -0.39 is 0 Å². The largest absolute Gasteiger partial charge is 0.495 e. The van der Waals surface area contributed by atoms with Gasteiger partial charge in [0.15, 0.2) is 13.1 Å². The Morgan fingerprint density at radius 2 is 1.81 bits per heavy atom. The molecular weight excluding hydrogens is 390 g/mol. The zero-order chi connectivity index (χ0) is 22.1. The summed E-state index contributed by atoms with van der Waals surface area (Å²) in [5.74, 6) is 0.598. The number of methoxy groups -OCH3 is 1. The predicted molar refractivity (Wildman–Crippen MR) is 123 cm³/mol. The molecule has 0 fully saturated rings. The van der Waals surface area contributed by atoms with Crippen molar-refractivity contribution in [3.8, 4) is 5.75 Å². The van der Waals surface area contributed by atoms with E-state index in [0.29, 0.717) is 31.1 Å². The summed E-state index contributed by atoms with van der Waals surface area (Å²) in [7, 11) is 1.58. The van der Waals surface area contributed by atoms with Crippen LogP contribution in [0.4, 0.5) is 5.69 Å². The minimum atomic E-state index is -0.120. The van der Waals surface area contributed by atoms with Crippen LogP contribution in [0.25, 0.3) is 5.57 Å². The molecule has 0 bridgehead atoms. The summed E-state index contributed by atoms with van der Waals surface area (Å²) in [6.07, 6.45) is 3.90. The monoisotopic (exact) mass is 422 g/mol. The Kier molecular flexibility index (Phi) is 8.24. The molecule has 2 N–H and O–H groups in total. The van der Waals surface area contributed by atoms with E-state index in [0.717, 1.165) is 24.3 Å². The van der Waals surface area contributed by atoms with E-state index >= 15 is 0 Å². The van der Waals surface area contributed by atoms with E-state index in [1.807, 2.05) is 47.4 Å². The Bertz CT molecular complexity index is 911. The lowest BCUT2D eigenvalue weighted by Gasteiger charge is -2.28. The Balaban J connectivity index is 1.55. The molecule has 0 radical (unpaired) electrons. The van der Waals surface area contributed by atoms with E-state index in [1.54, 1.807) is 7.11 Å². The molecule has 2 aromatic rings. The van der Waals surface area contributed by atoms with E-state index in [4.69, 9.17) is 4.74 Å². The molecule has 0 spiro atoms. The maximum Gasteiger partial charge on any atom is 0.279 e. The Labute approximate surface area is 184 Å². The first kappa shape index (κ1) is 22.6. The fraction of sp³-hybridized carbons (Fsp3) is 0.360. The first-order valence-electron chi connectivity index (χ1n) is 10.9. The van der Waals surface area contributed by atoms with Crippen LogP contribution in [0.15, 0.2) is 60.7 Å². The van der Waals surface area contributed by atoms with E-state index in [-0.39, 0.29) is 18.4 Å². The van der Waals surface area contributed by atoms with Crippen molar-refractivity contribution in [2.75, 3.05) is 45.2 Å². The second kappa shape index (κ2) is 11.3. The summed E-state index contributed by atoms with van der Waals surface area (Å²) in [5, 5.41) is 2.91. The quantitative estimate of drug-likeness (QED) is 0.652. The van der Waals surface area contributed by atoms with Crippen LogP contribution in [0.5, 0.6) is 5.75 Å². The van der Waals surface area contributed by atoms with Gasteiger partial charge in [-0.2, -0.15) is 0 Å². The summed E-state index contributed by atoms with van der Waals surface area (Å²) < 4.78 is 5.30. The number of carbonyl (C=O) groups is 2. The molecule has 1 aliphatic heterocycles. The van der Waals surface area contributed by atoms with Gasteiger partial charge in [0.25, 0.3) is 11.8 Å². The van der Waals surface area contributed by atoms with Crippen LogP contribution >= 0.6 is 0 Å². The van der Waals surface area contributed by atoms with Crippen molar-refractivity contribution in [1.82, 2.24) is 4.90 Å². The van der Waals surface area contributed by atoms with Crippen molar-refractivity contribution in [3.63, 3.8) is 0 Å². The molecule has 2 aromatic carbocycles. The number of amides is 2. The number of benzene rings is 2. The normalized spacial score (nSPS) is 14.5. The van der Waals surface area contributed by atoms with Gasteiger partial charge >= 0.3 is 0 Å². The lowest BCUT2D eigenvalue weighted by Crippen LogP contribution is -3.14. The first-order valence-corrected chi connectivity index (χ1v) is 10.9. The van der Waals surface area contributed by atoms with Crippen LogP contribution in [0.3, 0.4) is 0 Å². The maximum atomic E-state index is 12.9. The van der Waals surface area contributed by atoms with Crippen molar-refractivity contribution in [2.24, 2.45) is 0 Å². The fourth-order valence-corrected chi connectivity index (χ4v) is 3.90. The van der Waals surface area contributed by atoms with Crippen LogP contribution < -0.4 is 15.0 Å².